The van der Waals surface area contributed by atoms with Crippen LogP contribution in [0.3, 0.4) is 0 Å². The molecule has 4 aromatic rings. The average Bonchev–Trinajstić information content (AvgIpc) is 3.34. The minimum atomic E-state index is -0.787. The zero-order chi connectivity index (χ0) is 25.4. The number of benzene rings is 3. The van der Waals surface area contributed by atoms with Crippen molar-refractivity contribution in [2.75, 3.05) is 6.79 Å². The summed E-state index contributed by atoms with van der Waals surface area (Å²) in [5.41, 5.74) is 6.47. The largest absolute Gasteiger partial charge is 0.454 e. The Hall–Kier alpha value is -3.95. The topological polar surface area (TPSA) is 88.5 Å². The second-order valence-electron chi connectivity index (χ2n) is 8.53. The van der Waals surface area contributed by atoms with E-state index >= 15 is 0 Å². The number of hydrogen-bond donors (Lipinski definition) is 1. The highest BCUT2D eigenvalue weighted by atomic mass is 35.5. The lowest BCUT2D eigenvalue weighted by molar-refractivity contribution is 0.174. The highest BCUT2D eigenvalue weighted by Crippen LogP contribution is 2.35. The zero-order valence-electron chi connectivity index (χ0n) is 19.8. The SMILES string of the molecule is Cc1c(-c2ccc3c(c2)OCO3)c(=O)n(C[C@H](N)c2ccccc2)c(=O)n1Cc1c(F)cccc1F.Cl. The Labute approximate surface area is 217 Å². The highest BCUT2D eigenvalue weighted by molar-refractivity contribution is 5.85. The molecule has 2 heterocycles. The van der Waals surface area contributed by atoms with E-state index in [1.54, 1.807) is 37.3 Å². The van der Waals surface area contributed by atoms with Crippen molar-refractivity contribution in [1.29, 1.82) is 0 Å². The minimum absolute atomic E-state index is 0. The maximum Gasteiger partial charge on any atom is 0.331 e. The fraction of sp³-hybridized carbons (Fsp3) is 0.185. The molecule has 10 heteroatoms. The number of rotatable bonds is 6. The number of ether oxygens (including phenoxy) is 2. The molecule has 3 aromatic carbocycles. The molecule has 1 aliphatic rings. The van der Waals surface area contributed by atoms with Gasteiger partial charge in [0.1, 0.15) is 11.6 Å². The minimum Gasteiger partial charge on any atom is -0.454 e. The lowest BCUT2D eigenvalue weighted by Crippen LogP contribution is -2.44. The third kappa shape index (κ3) is 4.87. The predicted molar refractivity (Wildman–Crippen MR) is 137 cm³/mol. The van der Waals surface area contributed by atoms with Gasteiger partial charge >= 0.3 is 5.69 Å². The van der Waals surface area contributed by atoms with Gasteiger partial charge in [-0.15, -0.1) is 12.4 Å². The molecule has 1 aromatic heterocycles. The summed E-state index contributed by atoms with van der Waals surface area (Å²) in [4.78, 5) is 27.2. The van der Waals surface area contributed by atoms with Crippen molar-refractivity contribution in [3.63, 3.8) is 0 Å². The Kier molecular flexibility index (Phi) is 7.47. The van der Waals surface area contributed by atoms with Gasteiger partial charge in [0.25, 0.3) is 5.56 Å². The van der Waals surface area contributed by atoms with Crippen LogP contribution in [0.15, 0.2) is 76.3 Å². The molecule has 1 atom stereocenters. The van der Waals surface area contributed by atoms with Crippen molar-refractivity contribution in [3.8, 4) is 22.6 Å². The summed E-state index contributed by atoms with van der Waals surface area (Å²) >= 11 is 0. The van der Waals surface area contributed by atoms with Crippen molar-refractivity contribution < 1.29 is 18.3 Å². The van der Waals surface area contributed by atoms with Gasteiger partial charge in [-0.1, -0.05) is 42.5 Å². The standard InChI is InChI=1S/C27H23F2N3O4.ClH/c1-16-25(18-10-11-23-24(12-18)36-15-35-23)26(33)32(14-22(30)17-6-3-2-4-7-17)27(34)31(16)13-19-20(28)8-5-9-21(19)29;/h2-12,22H,13-15,30H2,1H3;1H/t22-;/m0./s1. The maximum absolute atomic E-state index is 14.5. The molecular weight excluding hydrogens is 504 g/mol. The molecule has 7 nitrogen and oxygen atoms in total. The average molecular weight is 528 g/mol. The highest BCUT2D eigenvalue weighted by Gasteiger charge is 2.23. The summed E-state index contributed by atoms with van der Waals surface area (Å²) in [6, 6.07) is 16.9. The van der Waals surface area contributed by atoms with Gasteiger partial charge in [0.2, 0.25) is 6.79 Å². The van der Waals surface area contributed by atoms with Crippen LogP contribution in [0.1, 0.15) is 22.9 Å². The normalized spacial score (nSPS) is 12.8. The molecule has 0 saturated carbocycles. The van der Waals surface area contributed by atoms with Gasteiger partial charge in [-0.05, 0) is 42.3 Å². The monoisotopic (exact) mass is 527 g/mol. The molecule has 192 valence electrons. The van der Waals surface area contributed by atoms with Gasteiger partial charge < -0.3 is 15.2 Å². The molecule has 0 spiro atoms. The van der Waals surface area contributed by atoms with Crippen molar-refractivity contribution in [2.24, 2.45) is 5.73 Å². The molecule has 0 amide bonds. The van der Waals surface area contributed by atoms with Gasteiger partial charge in [0.15, 0.2) is 11.5 Å². The molecular formula is C27H24ClF2N3O4. The molecule has 0 bridgehead atoms. The van der Waals surface area contributed by atoms with E-state index in [1.807, 2.05) is 18.2 Å². The van der Waals surface area contributed by atoms with Crippen LogP contribution >= 0.6 is 12.4 Å². The molecule has 0 saturated heterocycles. The summed E-state index contributed by atoms with van der Waals surface area (Å²) < 4.78 is 42.1. The second kappa shape index (κ2) is 10.6. The fourth-order valence-electron chi connectivity index (χ4n) is 4.38. The zero-order valence-corrected chi connectivity index (χ0v) is 20.6. The maximum atomic E-state index is 14.5. The third-order valence-corrected chi connectivity index (χ3v) is 6.33. The molecule has 0 unspecified atom stereocenters. The van der Waals surface area contributed by atoms with E-state index in [1.165, 1.54) is 10.6 Å². The van der Waals surface area contributed by atoms with Crippen molar-refractivity contribution in [3.05, 3.63) is 116 Å². The van der Waals surface area contributed by atoms with Crippen LogP contribution in [0, 0.1) is 18.6 Å². The smallest absolute Gasteiger partial charge is 0.331 e. The summed E-state index contributed by atoms with van der Waals surface area (Å²) in [7, 11) is 0. The van der Waals surface area contributed by atoms with E-state index in [-0.39, 0.29) is 42.6 Å². The van der Waals surface area contributed by atoms with Crippen LogP contribution in [0.2, 0.25) is 0 Å². The number of fused-ring (bicyclic) bond motifs is 1. The van der Waals surface area contributed by atoms with Crippen molar-refractivity contribution >= 4 is 12.4 Å². The van der Waals surface area contributed by atoms with Crippen molar-refractivity contribution in [1.82, 2.24) is 9.13 Å². The second-order valence-corrected chi connectivity index (χ2v) is 8.53. The molecule has 1 aliphatic heterocycles. The first-order valence-corrected chi connectivity index (χ1v) is 11.3. The molecule has 0 radical (unpaired) electrons. The number of nitrogens with zero attached hydrogens (tertiary/aromatic N) is 2. The van der Waals surface area contributed by atoms with Crippen LogP contribution in [0.5, 0.6) is 11.5 Å². The fourth-order valence-corrected chi connectivity index (χ4v) is 4.38. The predicted octanol–water partition coefficient (Wildman–Crippen LogP) is 4.16. The number of halogens is 3. The van der Waals surface area contributed by atoms with Gasteiger partial charge in [-0.25, -0.2) is 13.6 Å². The summed E-state index contributed by atoms with van der Waals surface area (Å²) in [6.45, 7) is 1.10. The first-order valence-electron chi connectivity index (χ1n) is 11.3. The Morgan fingerprint density at radius 1 is 0.919 bits per heavy atom. The molecule has 5 rings (SSSR count). The van der Waals surface area contributed by atoms with Crippen LogP contribution in [-0.2, 0) is 13.1 Å². The Morgan fingerprint density at radius 2 is 1.59 bits per heavy atom. The van der Waals surface area contributed by atoms with Crippen LogP contribution in [0.25, 0.3) is 11.1 Å². The van der Waals surface area contributed by atoms with Crippen LogP contribution < -0.4 is 26.5 Å². The molecule has 37 heavy (non-hydrogen) atoms. The first kappa shape index (κ1) is 26.1. The molecule has 2 N–H and O–H groups in total. The Balaban J connectivity index is 0.00000320. The van der Waals surface area contributed by atoms with Crippen molar-refractivity contribution in [2.45, 2.75) is 26.1 Å². The number of hydrogen-bond acceptors (Lipinski definition) is 5. The van der Waals surface area contributed by atoms with E-state index in [9.17, 15) is 18.4 Å². The van der Waals surface area contributed by atoms with Gasteiger partial charge in [-0.2, -0.15) is 0 Å². The summed E-state index contributed by atoms with van der Waals surface area (Å²) in [5.74, 6) is -0.587. The summed E-state index contributed by atoms with van der Waals surface area (Å²) in [5, 5.41) is 0. The van der Waals surface area contributed by atoms with E-state index in [2.05, 4.69) is 0 Å². The third-order valence-electron chi connectivity index (χ3n) is 6.33. The van der Waals surface area contributed by atoms with Gasteiger partial charge in [0.05, 0.1) is 18.7 Å². The first-order chi connectivity index (χ1) is 17.3. The van der Waals surface area contributed by atoms with E-state index in [4.69, 9.17) is 15.2 Å². The Bertz CT molecular complexity index is 1550. The van der Waals surface area contributed by atoms with E-state index < -0.39 is 35.5 Å². The quantitative estimate of drug-likeness (QED) is 0.407. The Morgan fingerprint density at radius 3 is 2.30 bits per heavy atom. The van der Waals surface area contributed by atoms with Crippen LogP contribution in [-0.4, -0.2) is 15.9 Å². The molecule has 0 fully saturated rings. The number of nitrogens with two attached hydrogens (primary N) is 1. The van der Waals surface area contributed by atoms with E-state index in [0.29, 0.717) is 17.1 Å². The van der Waals surface area contributed by atoms with E-state index in [0.717, 1.165) is 22.3 Å². The molecule has 0 aliphatic carbocycles. The lowest BCUT2D eigenvalue weighted by atomic mass is 10.0. The lowest BCUT2D eigenvalue weighted by Gasteiger charge is -2.20. The van der Waals surface area contributed by atoms with Gasteiger partial charge in [0, 0.05) is 17.3 Å². The van der Waals surface area contributed by atoms with Crippen LogP contribution in [0.4, 0.5) is 8.78 Å². The van der Waals surface area contributed by atoms with Gasteiger partial charge in [-0.3, -0.25) is 13.9 Å². The summed E-state index contributed by atoms with van der Waals surface area (Å²) in [6.07, 6.45) is 0. The number of aromatic nitrogens is 2.